The summed E-state index contributed by atoms with van der Waals surface area (Å²) < 4.78 is 0. The van der Waals surface area contributed by atoms with Crippen molar-refractivity contribution in [2.75, 3.05) is 5.32 Å². The minimum Gasteiger partial charge on any atom is -0.311 e. The Bertz CT molecular complexity index is 634. The Morgan fingerprint density at radius 3 is 2.60 bits per heavy atom. The molecule has 0 fully saturated rings. The molecule has 0 atom stereocenters. The van der Waals surface area contributed by atoms with E-state index in [0.717, 1.165) is 10.6 Å². The number of amides is 1. The van der Waals surface area contributed by atoms with Gasteiger partial charge in [-0.1, -0.05) is 6.07 Å². The van der Waals surface area contributed by atoms with Gasteiger partial charge in [0.05, 0.1) is 4.88 Å². The molecule has 0 spiro atoms. The fourth-order valence-corrected chi connectivity index (χ4v) is 2.59. The molecule has 0 bridgehead atoms. The first-order valence-electron chi connectivity index (χ1n) is 6.38. The lowest BCUT2D eigenvalue weighted by Crippen LogP contribution is -2.14. The average molecular weight is 288 g/mol. The number of aryl methyl sites for hydroxylation is 2. The van der Waals surface area contributed by atoms with Crippen LogP contribution in [0.3, 0.4) is 0 Å². The topological polar surface area (TPSA) is 59.1 Å². The van der Waals surface area contributed by atoms with Crippen molar-refractivity contribution >= 4 is 28.8 Å². The molecule has 2 aromatic heterocycles. The standard InChI is InChI=1S/C15H16N2O2S/c1-10-4-3-5-14(16-10)17-15(19)9-7-12(18)13-8-6-11(2)20-13/h3-6,8H,7,9H2,1-2H3,(H,16,17,19). The number of thiophene rings is 1. The van der Waals surface area contributed by atoms with E-state index in [4.69, 9.17) is 0 Å². The quantitative estimate of drug-likeness (QED) is 0.858. The van der Waals surface area contributed by atoms with Gasteiger partial charge in [0.25, 0.3) is 0 Å². The third-order valence-corrected chi connectivity index (χ3v) is 3.79. The fraction of sp³-hybridized carbons (Fsp3) is 0.267. The van der Waals surface area contributed by atoms with Crippen LogP contribution < -0.4 is 5.32 Å². The van der Waals surface area contributed by atoms with Gasteiger partial charge in [0.2, 0.25) is 5.91 Å². The average Bonchev–Trinajstić information content (AvgIpc) is 2.83. The molecule has 2 aromatic rings. The molecule has 2 heterocycles. The second-order valence-electron chi connectivity index (χ2n) is 4.55. The van der Waals surface area contributed by atoms with Crippen molar-refractivity contribution in [3.8, 4) is 0 Å². The van der Waals surface area contributed by atoms with Gasteiger partial charge in [0, 0.05) is 23.4 Å². The third kappa shape index (κ3) is 3.99. The summed E-state index contributed by atoms with van der Waals surface area (Å²) >= 11 is 1.46. The zero-order valence-corrected chi connectivity index (χ0v) is 12.3. The lowest BCUT2D eigenvalue weighted by molar-refractivity contribution is -0.116. The Hall–Kier alpha value is -2.01. The van der Waals surface area contributed by atoms with Crippen LogP contribution in [0.4, 0.5) is 5.82 Å². The van der Waals surface area contributed by atoms with E-state index < -0.39 is 0 Å². The van der Waals surface area contributed by atoms with Gasteiger partial charge in [-0.25, -0.2) is 4.98 Å². The van der Waals surface area contributed by atoms with Crippen molar-refractivity contribution in [1.82, 2.24) is 4.98 Å². The van der Waals surface area contributed by atoms with Crippen LogP contribution in [0.2, 0.25) is 0 Å². The van der Waals surface area contributed by atoms with Crippen molar-refractivity contribution < 1.29 is 9.59 Å². The lowest BCUT2D eigenvalue weighted by atomic mass is 10.2. The van der Waals surface area contributed by atoms with Crippen molar-refractivity contribution in [3.63, 3.8) is 0 Å². The summed E-state index contributed by atoms with van der Waals surface area (Å²) in [5.41, 5.74) is 0.841. The summed E-state index contributed by atoms with van der Waals surface area (Å²) in [5.74, 6) is 0.342. The molecule has 104 valence electrons. The van der Waals surface area contributed by atoms with Crippen molar-refractivity contribution in [2.24, 2.45) is 0 Å². The molecule has 0 aliphatic carbocycles. The van der Waals surface area contributed by atoms with Crippen LogP contribution in [0.25, 0.3) is 0 Å². The molecule has 20 heavy (non-hydrogen) atoms. The fourth-order valence-electron chi connectivity index (χ4n) is 1.75. The number of pyridine rings is 1. The molecule has 0 aliphatic heterocycles. The van der Waals surface area contributed by atoms with E-state index in [9.17, 15) is 9.59 Å². The Labute approximate surface area is 121 Å². The zero-order valence-electron chi connectivity index (χ0n) is 11.5. The summed E-state index contributed by atoms with van der Waals surface area (Å²) in [6.07, 6.45) is 0.392. The van der Waals surface area contributed by atoms with E-state index in [1.165, 1.54) is 11.3 Å². The number of carbonyl (C=O) groups is 2. The second kappa shape index (κ2) is 6.43. The smallest absolute Gasteiger partial charge is 0.225 e. The first-order chi connectivity index (χ1) is 9.54. The molecule has 0 saturated heterocycles. The highest BCUT2D eigenvalue weighted by Crippen LogP contribution is 2.17. The van der Waals surface area contributed by atoms with Crippen molar-refractivity contribution in [1.29, 1.82) is 0 Å². The number of hydrogen-bond donors (Lipinski definition) is 1. The van der Waals surface area contributed by atoms with Gasteiger partial charge in [0.1, 0.15) is 5.82 Å². The van der Waals surface area contributed by atoms with Gasteiger partial charge in [0.15, 0.2) is 5.78 Å². The van der Waals surface area contributed by atoms with Crippen LogP contribution in [0.1, 0.15) is 33.1 Å². The van der Waals surface area contributed by atoms with Gasteiger partial charge in [-0.2, -0.15) is 0 Å². The third-order valence-electron chi connectivity index (χ3n) is 2.75. The predicted molar refractivity (Wildman–Crippen MR) is 80.2 cm³/mol. The van der Waals surface area contributed by atoms with E-state index in [1.807, 2.05) is 38.1 Å². The molecule has 1 amide bonds. The maximum absolute atomic E-state index is 11.9. The lowest BCUT2D eigenvalue weighted by Gasteiger charge is -2.04. The van der Waals surface area contributed by atoms with Crippen molar-refractivity contribution in [3.05, 3.63) is 45.8 Å². The second-order valence-corrected chi connectivity index (χ2v) is 5.83. The normalized spacial score (nSPS) is 10.3. The van der Waals surface area contributed by atoms with Crippen LogP contribution in [-0.2, 0) is 4.79 Å². The zero-order chi connectivity index (χ0) is 14.5. The van der Waals surface area contributed by atoms with E-state index in [1.54, 1.807) is 6.07 Å². The van der Waals surface area contributed by atoms with Crippen LogP contribution in [0.15, 0.2) is 30.3 Å². The number of anilines is 1. The van der Waals surface area contributed by atoms with Gasteiger partial charge < -0.3 is 5.32 Å². The maximum atomic E-state index is 11.9. The number of aromatic nitrogens is 1. The monoisotopic (exact) mass is 288 g/mol. The summed E-state index contributed by atoms with van der Waals surface area (Å²) in [6.45, 7) is 3.82. The van der Waals surface area contributed by atoms with Gasteiger partial charge >= 0.3 is 0 Å². The highest BCUT2D eigenvalue weighted by Gasteiger charge is 2.11. The first kappa shape index (κ1) is 14.4. The van der Waals surface area contributed by atoms with Gasteiger partial charge in [-0.05, 0) is 38.1 Å². The summed E-state index contributed by atoms with van der Waals surface area (Å²) in [6, 6.07) is 9.14. The molecule has 4 nitrogen and oxygen atoms in total. The Kier molecular flexibility index (Phi) is 4.63. The molecule has 0 aromatic carbocycles. The highest BCUT2D eigenvalue weighted by atomic mass is 32.1. The van der Waals surface area contributed by atoms with E-state index in [0.29, 0.717) is 10.7 Å². The minimum absolute atomic E-state index is 0.00968. The summed E-state index contributed by atoms with van der Waals surface area (Å²) in [4.78, 5) is 29.6. The molecule has 2 rings (SSSR count). The number of ketones is 1. The van der Waals surface area contributed by atoms with Crippen LogP contribution in [0, 0.1) is 13.8 Å². The largest absolute Gasteiger partial charge is 0.311 e. The Balaban J connectivity index is 1.85. The van der Waals surface area contributed by atoms with Gasteiger partial charge in [-0.3, -0.25) is 9.59 Å². The van der Waals surface area contributed by atoms with E-state index in [2.05, 4.69) is 10.3 Å². The maximum Gasteiger partial charge on any atom is 0.225 e. The highest BCUT2D eigenvalue weighted by molar-refractivity contribution is 7.14. The molecule has 5 heteroatoms. The number of carbonyl (C=O) groups excluding carboxylic acids is 2. The molecule has 1 N–H and O–H groups in total. The van der Waals surface area contributed by atoms with Gasteiger partial charge in [-0.15, -0.1) is 11.3 Å². The Morgan fingerprint density at radius 1 is 1.15 bits per heavy atom. The minimum atomic E-state index is -0.190. The molecule has 0 unspecified atom stereocenters. The predicted octanol–water partition coefficient (Wildman–Crippen LogP) is 3.36. The van der Waals surface area contributed by atoms with Crippen LogP contribution in [-0.4, -0.2) is 16.7 Å². The molecular weight excluding hydrogens is 272 g/mol. The number of nitrogens with one attached hydrogen (secondary N) is 1. The molecule has 0 radical (unpaired) electrons. The van der Waals surface area contributed by atoms with E-state index >= 15 is 0 Å². The molecule has 0 aliphatic rings. The molecular formula is C15H16N2O2S. The summed E-state index contributed by atoms with van der Waals surface area (Å²) in [7, 11) is 0. The SMILES string of the molecule is Cc1cccc(NC(=O)CCC(=O)c2ccc(C)s2)n1. The molecule has 0 saturated carbocycles. The van der Waals surface area contributed by atoms with Crippen LogP contribution >= 0.6 is 11.3 Å². The number of hydrogen-bond acceptors (Lipinski definition) is 4. The first-order valence-corrected chi connectivity index (χ1v) is 7.19. The number of nitrogens with zero attached hydrogens (tertiary/aromatic N) is 1. The number of rotatable bonds is 5. The van der Waals surface area contributed by atoms with Crippen LogP contribution in [0.5, 0.6) is 0 Å². The summed E-state index contributed by atoms with van der Waals surface area (Å²) in [5, 5.41) is 2.70. The van der Waals surface area contributed by atoms with E-state index in [-0.39, 0.29) is 24.5 Å². The van der Waals surface area contributed by atoms with Crippen molar-refractivity contribution in [2.45, 2.75) is 26.7 Å². The Morgan fingerprint density at radius 2 is 1.95 bits per heavy atom. The number of Topliss-reactive ketones (excluding diaryl/α,β-unsaturated/α-hetero) is 1.